The Morgan fingerprint density at radius 2 is 2.16 bits per heavy atom. The lowest BCUT2D eigenvalue weighted by Gasteiger charge is -2.20. The summed E-state index contributed by atoms with van der Waals surface area (Å²) in [6, 6.07) is 11.2. The molecule has 5 nitrogen and oxygen atoms in total. The Labute approximate surface area is 111 Å². The zero-order valence-electron chi connectivity index (χ0n) is 10.8. The van der Waals surface area contributed by atoms with Gasteiger partial charge in [0.1, 0.15) is 11.8 Å². The highest BCUT2D eigenvalue weighted by atomic mass is 16.5. The summed E-state index contributed by atoms with van der Waals surface area (Å²) in [5, 5.41) is 9.14. The van der Waals surface area contributed by atoms with Crippen LogP contribution in [0.4, 0.5) is 17.2 Å². The molecule has 0 amide bonds. The number of anilines is 3. The number of rotatable bonds is 3. The second-order valence-electron chi connectivity index (χ2n) is 4.01. The van der Waals surface area contributed by atoms with Crippen molar-refractivity contribution >= 4 is 17.2 Å². The summed E-state index contributed by atoms with van der Waals surface area (Å²) in [6.45, 7) is 0. The van der Waals surface area contributed by atoms with E-state index in [1.54, 1.807) is 13.2 Å². The van der Waals surface area contributed by atoms with Crippen LogP contribution in [0.5, 0.6) is 5.75 Å². The third-order valence-corrected chi connectivity index (χ3v) is 2.77. The summed E-state index contributed by atoms with van der Waals surface area (Å²) in [7, 11) is 3.45. The van der Waals surface area contributed by atoms with Crippen LogP contribution in [0.25, 0.3) is 0 Å². The number of hydrogen-bond donors (Lipinski definition) is 1. The molecule has 2 aromatic rings. The molecule has 96 valence electrons. The maximum Gasteiger partial charge on any atom is 0.150 e. The summed E-state index contributed by atoms with van der Waals surface area (Å²) in [5.41, 5.74) is 7.43. The van der Waals surface area contributed by atoms with Crippen molar-refractivity contribution in [3.8, 4) is 11.8 Å². The van der Waals surface area contributed by atoms with Crippen LogP contribution in [0, 0.1) is 11.3 Å². The minimum atomic E-state index is 0.435. The third kappa shape index (κ3) is 2.58. The zero-order valence-corrected chi connectivity index (χ0v) is 10.8. The van der Waals surface area contributed by atoms with Crippen LogP contribution in [-0.2, 0) is 0 Å². The van der Waals surface area contributed by atoms with E-state index in [-0.39, 0.29) is 0 Å². The van der Waals surface area contributed by atoms with Gasteiger partial charge in [-0.05, 0) is 18.2 Å². The predicted molar refractivity (Wildman–Crippen MR) is 74.4 cm³/mol. The molecule has 0 fully saturated rings. The number of ether oxygens (including phenoxy) is 1. The second kappa shape index (κ2) is 5.27. The van der Waals surface area contributed by atoms with Crippen LogP contribution in [0.15, 0.2) is 36.5 Å². The van der Waals surface area contributed by atoms with E-state index in [9.17, 15) is 0 Å². The largest absolute Gasteiger partial charge is 0.497 e. The normalized spacial score (nSPS) is 9.74. The van der Waals surface area contributed by atoms with Gasteiger partial charge in [-0.15, -0.1) is 0 Å². The number of nitriles is 1. The molecule has 2 N–H and O–H groups in total. The minimum Gasteiger partial charge on any atom is -0.497 e. The molecule has 1 aromatic heterocycles. The molecule has 0 aliphatic heterocycles. The van der Waals surface area contributed by atoms with Gasteiger partial charge in [-0.2, -0.15) is 5.26 Å². The summed E-state index contributed by atoms with van der Waals surface area (Å²) >= 11 is 0. The molecule has 0 saturated heterocycles. The van der Waals surface area contributed by atoms with Crippen LogP contribution >= 0.6 is 0 Å². The van der Waals surface area contributed by atoms with Crippen LogP contribution in [0.1, 0.15) is 5.56 Å². The summed E-state index contributed by atoms with van der Waals surface area (Å²) in [6.07, 6.45) is 1.53. The van der Waals surface area contributed by atoms with Gasteiger partial charge in [-0.3, -0.25) is 0 Å². The Morgan fingerprint density at radius 1 is 1.37 bits per heavy atom. The molecule has 0 atom stereocenters. The quantitative estimate of drug-likeness (QED) is 0.909. The van der Waals surface area contributed by atoms with Crippen molar-refractivity contribution in [2.75, 3.05) is 24.8 Å². The van der Waals surface area contributed by atoms with E-state index in [0.717, 1.165) is 11.4 Å². The van der Waals surface area contributed by atoms with Crippen molar-refractivity contribution in [1.82, 2.24) is 4.98 Å². The summed E-state index contributed by atoms with van der Waals surface area (Å²) in [5.74, 6) is 1.31. The maximum atomic E-state index is 9.14. The third-order valence-electron chi connectivity index (χ3n) is 2.77. The molecule has 0 aliphatic rings. The Kier molecular flexibility index (Phi) is 3.53. The first-order chi connectivity index (χ1) is 9.15. The Bertz CT molecular complexity index is 634. The van der Waals surface area contributed by atoms with E-state index in [1.165, 1.54) is 6.20 Å². The molecule has 5 heteroatoms. The molecule has 0 spiro atoms. The van der Waals surface area contributed by atoms with E-state index in [2.05, 4.69) is 11.1 Å². The Hall–Kier alpha value is -2.74. The fraction of sp³-hybridized carbons (Fsp3) is 0.143. The van der Waals surface area contributed by atoms with Crippen molar-refractivity contribution in [2.24, 2.45) is 0 Å². The second-order valence-corrected chi connectivity index (χ2v) is 4.01. The van der Waals surface area contributed by atoms with Gasteiger partial charge in [-0.1, -0.05) is 6.07 Å². The van der Waals surface area contributed by atoms with Crippen molar-refractivity contribution in [3.05, 3.63) is 42.1 Å². The average molecular weight is 254 g/mol. The predicted octanol–water partition coefficient (Wildman–Crippen LogP) is 2.31. The minimum absolute atomic E-state index is 0.435. The van der Waals surface area contributed by atoms with Gasteiger partial charge in [0, 0.05) is 18.8 Å². The van der Waals surface area contributed by atoms with E-state index < -0.39 is 0 Å². The maximum absolute atomic E-state index is 9.14. The zero-order chi connectivity index (χ0) is 13.8. The molecule has 1 aromatic carbocycles. The number of hydrogen-bond acceptors (Lipinski definition) is 5. The van der Waals surface area contributed by atoms with Gasteiger partial charge in [0.15, 0.2) is 5.82 Å². The van der Waals surface area contributed by atoms with Crippen molar-refractivity contribution in [1.29, 1.82) is 5.26 Å². The average Bonchev–Trinajstić information content (AvgIpc) is 2.46. The molecule has 0 bridgehead atoms. The van der Waals surface area contributed by atoms with Crippen molar-refractivity contribution < 1.29 is 4.74 Å². The lowest BCUT2D eigenvalue weighted by molar-refractivity contribution is 0.415. The molecule has 0 saturated carbocycles. The van der Waals surface area contributed by atoms with E-state index in [0.29, 0.717) is 17.1 Å². The number of aromatic nitrogens is 1. The fourth-order valence-corrected chi connectivity index (χ4v) is 1.76. The lowest BCUT2D eigenvalue weighted by Crippen LogP contribution is -2.13. The standard InChI is InChI=1S/C14H14N4O/c1-18(12-4-3-5-13(7-12)19-2)14-10(8-15)6-11(16)9-17-14/h3-7,9H,16H2,1-2H3. The molecule has 0 unspecified atom stereocenters. The molecule has 19 heavy (non-hydrogen) atoms. The Balaban J connectivity index is 2.44. The number of nitrogen functional groups attached to an aromatic ring is 1. The number of methoxy groups -OCH3 is 1. The van der Waals surface area contributed by atoms with Crippen molar-refractivity contribution in [3.63, 3.8) is 0 Å². The topological polar surface area (TPSA) is 75.2 Å². The molecule has 0 radical (unpaired) electrons. The van der Waals surface area contributed by atoms with Gasteiger partial charge in [0.25, 0.3) is 0 Å². The summed E-state index contributed by atoms with van der Waals surface area (Å²) in [4.78, 5) is 6.04. The smallest absolute Gasteiger partial charge is 0.150 e. The van der Waals surface area contributed by atoms with Crippen molar-refractivity contribution in [2.45, 2.75) is 0 Å². The highest BCUT2D eigenvalue weighted by Crippen LogP contribution is 2.28. The van der Waals surface area contributed by atoms with Gasteiger partial charge in [-0.25, -0.2) is 4.98 Å². The molecule has 2 rings (SSSR count). The van der Waals surface area contributed by atoms with Gasteiger partial charge >= 0.3 is 0 Å². The number of benzene rings is 1. The monoisotopic (exact) mass is 254 g/mol. The van der Waals surface area contributed by atoms with E-state index in [4.69, 9.17) is 15.7 Å². The van der Waals surface area contributed by atoms with Crippen LogP contribution in [0.3, 0.4) is 0 Å². The van der Waals surface area contributed by atoms with Crippen LogP contribution < -0.4 is 15.4 Å². The molecule has 0 aliphatic carbocycles. The first kappa shape index (κ1) is 12.7. The molecule has 1 heterocycles. The van der Waals surface area contributed by atoms with Gasteiger partial charge in [0.2, 0.25) is 0 Å². The number of pyridine rings is 1. The molecular formula is C14H14N4O. The summed E-state index contributed by atoms with van der Waals surface area (Å²) < 4.78 is 5.18. The first-order valence-electron chi connectivity index (χ1n) is 5.69. The number of nitrogens with zero attached hydrogens (tertiary/aromatic N) is 3. The van der Waals surface area contributed by atoms with Crippen LogP contribution in [-0.4, -0.2) is 19.1 Å². The van der Waals surface area contributed by atoms with Gasteiger partial charge < -0.3 is 15.4 Å². The highest BCUT2D eigenvalue weighted by molar-refractivity contribution is 5.67. The SMILES string of the molecule is COc1cccc(N(C)c2ncc(N)cc2C#N)c1. The van der Waals surface area contributed by atoms with Crippen LogP contribution in [0.2, 0.25) is 0 Å². The first-order valence-corrected chi connectivity index (χ1v) is 5.69. The molecular weight excluding hydrogens is 240 g/mol. The Morgan fingerprint density at radius 3 is 2.84 bits per heavy atom. The van der Waals surface area contributed by atoms with E-state index >= 15 is 0 Å². The number of nitrogens with two attached hydrogens (primary N) is 1. The lowest BCUT2D eigenvalue weighted by atomic mass is 10.2. The van der Waals surface area contributed by atoms with E-state index in [1.807, 2.05) is 36.2 Å². The highest BCUT2D eigenvalue weighted by Gasteiger charge is 2.11. The fourth-order valence-electron chi connectivity index (χ4n) is 1.76. The van der Waals surface area contributed by atoms with Gasteiger partial charge in [0.05, 0.1) is 24.6 Å².